The Morgan fingerprint density at radius 1 is 1.35 bits per heavy atom. The van der Waals surface area contributed by atoms with Gasteiger partial charge in [-0.3, -0.25) is 0 Å². The van der Waals surface area contributed by atoms with Crippen LogP contribution in [0.1, 0.15) is 20.8 Å². The summed E-state index contributed by atoms with van der Waals surface area (Å²) >= 11 is 1.51. The molecule has 0 amide bonds. The van der Waals surface area contributed by atoms with Crippen LogP contribution in [0.5, 0.6) is 0 Å². The van der Waals surface area contributed by atoms with Crippen LogP contribution < -0.4 is 10.2 Å². The lowest BCUT2D eigenvalue weighted by Gasteiger charge is -2.17. The molecule has 0 radical (unpaired) electrons. The van der Waals surface area contributed by atoms with Crippen molar-refractivity contribution < 1.29 is 0 Å². The van der Waals surface area contributed by atoms with Gasteiger partial charge < -0.3 is 10.2 Å². The summed E-state index contributed by atoms with van der Waals surface area (Å²) < 4.78 is 0. The highest BCUT2D eigenvalue weighted by Crippen LogP contribution is 2.17. The summed E-state index contributed by atoms with van der Waals surface area (Å²) in [6.07, 6.45) is 3.99. The second kappa shape index (κ2) is 6.44. The van der Waals surface area contributed by atoms with Crippen LogP contribution >= 0.6 is 11.8 Å². The molecular weight excluding hydrogens is 234 g/mol. The van der Waals surface area contributed by atoms with Crippen LogP contribution in [0, 0.1) is 0 Å². The van der Waals surface area contributed by atoms with Gasteiger partial charge in [-0.15, -0.1) is 0 Å². The molecule has 0 saturated carbocycles. The minimum atomic E-state index is 0.597. The second-order valence-electron chi connectivity index (χ2n) is 3.69. The molecule has 0 bridgehead atoms. The van der Waals surface area contributed by atoms with E-state index in [4.69, 9.17) is 0 Å². The molecule has 1 aromatic rings. The Bertz CT molecular complexity index is 379. The van der Waals surface area contributed by atoms with E-state index in [0.29, 0.717) is 11.9 Å². The van der Waals surface area contributed by atoms with Gasteiger partial charge in [0.15, 0.2) is 5.16 Å². The van der Waals surface area contributed by atoms with E-state index in [-0.39, 0.29) is 0 Å². The molecule has 17 heavy (non-hydrogen) atoms. The normalized spacial score (nSPS) is 9.94. The molecule has 0 spiro atoms. The molecule has 6 heteroatoms. The average Bonchev–Trinajstić information content (AvgIpc) is 2.34. The Hall–Kier alpha value is -1.30. The first kappa shape index (κ1) is 13.8. The summed E-state index contributed by atoms with van der Waals surface area (Å²) in [4.78, 5) is 15.0. The molecule has 1 N–H and O–H groups in total. The first-order valence-corrected chi connectivity index (χ1v) is 6.72. The van der Waals surface area contributed by atoms with Crippen LogP contribution in [0.15, 0.2) is 16.9 Å². The van der Waals surface area contributed by atoms with E-state index in [0.717, 1.165) is 11.7 Å². The fourth-order valence-electron chi connectivity index (χ4n) is 1.28. The van der Waals surface area contributed by atoms with Crippen molar-refractivity contribution in [1.29, 1.82) is 0 Å². The van der Waals surface area contributed by atoms with E-state index >= 15 is 0 Å². The maximum absolute atomic E-state index is 4.41. The summed E-state index contributed by atoms with van der Waals surface area (Å²) in [7, 11) is 1.81. The van der Waals surface area contributed by atoms with E-state index in [1.165, 1.54) is 17.3 Å². The molecule has 0 fully saturated rings. The predicted octanol–water partition coefficient (Wildman–Crippen LogP) is 2.39. The molecule has 1 heterocycles. The summed E-state index contributed by atoms with van der Waals surface area (Å²) in [6, 6.07) is 0. The fraction of sp³-hybridized carbons (Fsp3) is 0.545. The summed E-state index contributed by atoms with van der Waals surface area (Å²) in [5.74, 6) is 1.28. The van der Waals surface area contributed by atoms with Crippen LogP contribution in [0.2, 0.25) is 0 Å². The number of nitrogens with zero attached hydrogens (tertiary/aromatic N) is 4. The van der Waals surface area contributed by atoms with Crippen molar-refractivity contribution in [1.82, 2.24) is 15.0 Å². The second-order valence-corrected chi connectivity index (χ2v) is 4.46. The molecule has 94 valence electrons. The molecule has 1 rings (SSSR count). The lowest BCUT2D eigenvalue weighted by molar-refractivity contribution is 0.850. The first-order valence-electron chi connectivity index (χ1n) is 5.50. The van der Waals surface area contributed by atoms with Crippen molar-refractivity contribution in [2.45, 2.75) is 25.9 Å². The smallest absolute Gasteiger partial charge is 0.235 e. The zero-order valence-corrected chi connectivity index (χ0v) is 11.8. The van der Waals surface area contributed by atoms with Gasteiger partial charge >= 0.3 is 0 Å². The van der Waals surface area contributed by atoms with Gasteiger partial charge in [0.2, 0.25) is 11.9 Å². The number of rotatable bonds is 5. The molecule has 0 atom stereocenters. The maximum Gasteiger partial charge on any atom is 0.235 e. The van der Waals surface area contributed by atoms with E-state index in [9.17, 15) is 0 Å². The number of thioether (sulfide) groups is 1. The molecule has 0 saturated heterocycles. The number of allylic oxidation sites excluding steroid dienone is 1. The van der Waals surface area contributed by atoms with Gasteiger partial charge in [0.25, 0.3) is 0 Å². The highest BCUT2D eigenvalue weighted by atomic mass is 32.2. The zero-order valence-electron chi connectivity index (χ0n) is 11.0. The molecule has 0 aromatic carbocycles. The van der Waals surface area contributed by atoms with Gasteiger partial charge in [0, 0.05) is 19.8 Å². The Kier molecular flexibility index (Phi) is 5.21. The molecule has 0 aliphatic carbocycles. The highest BCUT2D eigenvalue weighted by molar-refractivity contribution is 7.98. The fourth-order valence-corrected chi connectivity index (χ4v) is 1.63. The van der Waals surface area contributed by atoms with E-state index in [1.807, 2.05) is 17.4 Å². The molecule has 0 aliphatic rings. The van der Waals surface area contributed by atoms with Crippen LogP contribution in [-0.4, -0.2) is 34.8 Å². The Morgan fingerprint density at radius 3 is 2.53 bits per heavy atom. The highest BCUT2D eigenvalue weighted by Gasteiger charge is 2.09. The van der Waals surface area contributed by atoms with E-state index in [1.54, 1.807) is 7.05 Å². The van der Waals surface area contributed by atoms with Crippen LogP contribution in [0.3, 0.4) is 0 Å². The van der Waals surface area contributed by atoms with Gasteiger partial charge in [-0.25, -0.2) is 0 Å². The van der Waals surface area contributed by atoms with Crippen LogP contribution in [-0.2, 0) is 0 Å². The number of aromatic nitrogens is 3. The number of nitrogens with one attached hydrogen (secondary N) is 1. The van der Waals surface area contributed by atoms with Gasteiger partial charge in [-0.2, -0.15) is 15.0 Å². The van der Waals surface area contributed by atoms with Crippen molar-refractivity contribution in [2.24, 2.45) is 0 Å². The minimum Gasteiger partial charge on any atom is -0.357 e. The van der Waals surface area contributed by atoms with Crippen molar-refractivity contribution in [3.63, 3.8) is 0 Å². The lowest BCUT2D eigenvalue weighted by atomic mass is 10.4. The topological polar surface area (TPSA) is 53.9 Å². The van der Waals surface area contributed by atoms with Gasteiger partial charge in [0.1, 0.15) is 0 Å². The predicted molar refractivity (Wildman–Crippen MR) is 73.6 cm³/mol. The van der Waals surface area contributed by atoms with Gasteiger partial charge in [0.05, 0.1) is 0 Å². The summed E-state index contributed by atoms with van der Waals surface area (Å²) in [6.45, 7) is 7.00. The number of hydrogen-bond acceptors (Lipinski definition) is 6. The molecular formula is C11H19N5S. The quantitative estimate of drug-likeness (QED) is 0.813. The Morgan fingerprint density at radius 2 is 2.06 bits per heavy atom. The maximum atomic E-state index is 4.41. The van der Waals surface area contributed by atoms with Crippen LogP contribution in [0.4, 0.5) is 11.9 Å². The van der Waals surface area contributed by atoms with Gasteiger partial charge in [-0.05, 0) is 27.0 Å². The monoisotopic (exact) mass is 253 g/mol. The molecule has 5 nitrogen and oxygen atoms in total. The third-order valence-corrected chi connectivity index (χ3v) is 2.57. The molecule has 0 aliphatic heterocycles. The largest absolute Gasteiger partial charge is 0.357 e. The SMILES string of the molecule is CCN(C=C(C)C)c1nc(NC)nc(SC)n1. The Labute approximate surface area is 107 Å². The van der Waals surface area contributed by atoms with E-state index in [2.05, 4.69) is 41.0 Å². The third kappa shape index (κ3) is 3.89. The van der Waals surface area contributed by atoms with Crippen molar-refractivity contribution in [3.05, 3.63) is 11.8 Å². The van der Waals surface area contributed by atoms with Crippen molar-refractivity contribution in [3.8, 4) is 0 Å². The van der Waals surface area contributed by atoms with Gasteiger partial charge in [-0.1, -0.05) is 17.3 Å². The summed E-state index contributed by atoms with van der Waals surface area (Å²) in [5.41, 5.74) is 1.21. The van der Waals surface area contributed by atoms with Crippen molar-refractivity contribution >= 4 is 23.7 Å². The standard InChI is InChI=1S/C11H19N5S/c1-6-16(7-8(2)3)10-13-9(12-4)14-11(15-10)17-5/h7H,6H2,1-5H3,(H,12,13,14,15). The number of hydrogen-bond donors (Lipinski definition) is 1. The Balaban J connectivity index is 3.14. The minimum absolute atomic E-state index is 0.597. The van der Waals surface area contributed by atoms with E-state index < -0.39 is 0 Å². The summed E-state index contributed by atoms with van der Waals surface area (Å²) in [5, 5.41) is 3.67. The molecule has 0 unspecified atom stereocenters. The first-order chi connectivity index (χ1) is 8.10. The van der Waals surface area contributed by atoms with Crippen molar-refractivity contribution in [2.75, 3.05) is 30.1 Å². The molecule has 1 aromatic heterocycles. The third-order valence-electron chi connectivity index (χ3n) is 2.02. The van der Waals surface area contributed by atoms with Crippen LogP contribution in [0.25, 0.3) is 0 Å². The number of anilines is 2. The lowest BCUT2D eigenvalue weighted by Crippen LogP contribution is -2.19. The zero-order chi connectivity index (χ0) is 12.8. The average molecular weight is 253 g/mol.